The van der Waals surface area contributed by atoms with Crippen LogP contribution in [-0.2, 0) is 26.4 Å². The van der Waals surface area contributed by atoms with Gasteiger partial charge in [-0.3, -0.25) is 4.68 Å². The first-order valence-electron chi connectivity index (χ1n) is 10.5. The summed E-state index contributed by atoms with van der Waals surface area (Å²) in [4.78, 5) is 8.70. The highest BCUT2D eigenvalue weighted by atomic mass is 35.5. The molecule has 2 aromatic heterocycles. The third-order valence-corrected chi connectivity index (χ3v) is 7.92. The quantitative estimate of drug-likeness (QED) is 0.463. The molecular formula is C21H22ClFN6O4S. The lowest BCUT2D eigenvalue weighted by Crippen LogP contribution is -2.36. The molecule has 2 saturated heterocycles. The van der Waals surface area contributed by atoms with Crippen LogP contribution in [-0.4, -0.2) is 65.4 Å². The first kappa shape index (κ1) is 23.0. The van der Waals surface area contributed by atoms with E-state index in [4.69, 9.17) is 21.1 Å². The maximum atomic E-state index is 13.2. The molecule has 2 fully saturated rings. The van der Waals surface area contributed by atoms with Crippen molar-refractivity contribution in [2.75, 3.05) is 29.6 Å². The first-order chi connectivity index (χ1) is 16.3. The molecular weight excluding hydrogens is 487 g/mol. The van der Waals surface area contributed by atoms with Gasteiger partial charge in [0.2, 0.25) is 5.95 Å². The van der Waals surface area contributed by atoms with Gasteiger partial charge in [-0.25, -0.2) is 17.8 Å². The molecule has 0 aliphatic carbocycles. The van der Waals surface area contributed by atoms with Crippen LogP contribution >= 0.6 is 11.6 Å². The van der Waals surface area contributed by atoms with Gasteiger partial charge in [-0.05, 0) is 24.3 Å². The summed E-state index contributed by atoms with van der Waals surface area (Å²) < 4.78 is 52.3. The molecule has 5 rings (SSSR count). The van der Waals surface area contributed by atoms with Crippen LogP contribution in [0.3, 0.4) is 0 Å². The van der Waals surface area contributed by atoms with Gasteiger partial charge in [0.05, 0.1) is 54.1 Å². The smallest absolute Gasteiger partial charge is 0.229 e. The van der Waals surface area contributed by atoms with Crippen molar-refractivity contribution in [2.45, 2.75) is 23.1 Å². The Labute approximate surface area is 200 Å². The Balaban J connectivity index is 1.25. The molecule has 3 aromatic rings. The molecule has 0 saturated carbocycles. The normalized spacial score (nSPS) is 24.2. The van der Waals surface area contributed by atoms with Crippen molar-refractivity contribution in [3.8, 4) is 0 Å². The highest BCUT2D eigenvalue weighted by molar-refractivity contribution is 7.91. The molecule has 10 nitrogen and oxygen atoms in total. The number of nitrogens with zero attached hydrogens (tertiary/aromatic N) is 4. The summed E-state index contributed by atoms with van der Waals surface area (Å²) in [6.07, 6.45) is 4.15. The van der Waals surface area contributed by atoms with Gasteiger partial charge in [0.1, 0.15) is 16.9 Å². The van der Waals surface area contributed by atoms with Crippen LogP contribution in [0.4, 0.5) is 21.8 Å². The highest BCUT2D eigenvalue weighted by Gasteiger charge is 2.49. The number of hydrogen-bond acceptors (Lipinski definition) is 9. The minimum absolute atomic E-state index is 0.0754. The number of halogens is 2. The van der Waals surface area contributed by atoms with Crippen LogP contribution in [0, 0.1) is 11.7 Å². The Bertz CT molecular complexity index is 1290. The molecule has 0 bridgehead atoms. The van der Waals surface area contributed by atoms with Crippen molar-refractivity contribution < 1.29 is 22.3 Å². The number of nitrogens with one attached hydrogen (secondary N) is 2. The summed E-state index contributed by atoms with van der Waals surface area (Å²) in [5, 5.41) is 10.7. The standard InChI is InChI=1S/C21H22ClFN6O4S/c1-29-8-14(6-25-29)26-21-24-7-16(22)20(28-21)27-17-10-33-18-12(9-32-19(17)18)11-34(30,31)15-4-2-13(23)3-5-15/h2-8,12,17-19H,9-11H2,1H3,(H2,24,26,27,28)/t12-,17-,18?,19?/m1/s1. The van der Waals surface area contributed by atoms with E-state index in [2.05, 4.69) is 25.7 Å². The fourth-order valence-corrected chi connectivity index (χ4v) is 5.92. The van der Waals surface area contributed by atoms with E-state index >= 15 is 0 Å². The molecule has 2 aliphatic heterocycles. The lowest BCUT2D eigenvalue weighted by molar-refractivity contribution is 0.0656. The molecule has 0 amide bonds. The summed E-state index contributed by atoms with van der Waals surface area (Å²) in [6.45, 7) is 0.535. The van der Waals surface area contributed by atoms with Crippen LogP contribution < -0.4 is 10.6 Å². The van der Waals surface area contributed by atoms with Crippen molar-refractivity contribution >= 4 is 38.9 Å². The van der Waals surface area contributed by atoms with Crippen molar-refractivity contribution in [3.05, 3.63) is 53.7 Å². The number of rotatable bonds is 7. The van der Waals surface area contributed by atoms with E-state index in [-0.39, 0.29) is 35.3 Å². The van der Waals surface area contributed by atoms with Crippen molar-refractivity contribution in [1.29, 1.82) is 0 Å². The van der Waals surface area contributed by atoms with Crippen molar-refractivity contribution in [2.24, 2.45) is 13.0 Å². The zero-order valence-electron chi connectivity index (χ0n) is 18.1. The van der Waals surface area contributed by atoms with Gasteiger partial charge in [0.25, 0.3) is 0 Å². The number of benzene rings is 1. The van der Waals surface area contributed by atoms with Crippen LogP contribution in [0.15, 0.2) is 47.8 Å². The largest absolute Gasteiger partial charge is 0.373 e. The van der Waals surface area contributed by atoms with Gasteiger partial charge in [-0.1, -0.05) is 11.6 Å². The fourth-order valence-electron chi connectivity index (χ4n) is 4.18. The average Bonchev–Trinajstić information content (AvgIpc) is 3.49. The highest BCUT2D eigenvalue weighted by Crippen LogP contribution is 2.35. The van der Waals surface area contributed by atoms with E-state index < -0.39 is 21.8 Å². The van der Waals surface area contributed by atoms with Crippen molar-refractivity contribution in [1.82, 2.24) is 19.7 Å². The van der Waals surface area contributed by atoms with E-state index in [0.717, 1.165) is 17.8 Å². The van der Waals surface area contributed by atoms with Gasteiger partial charge in [-0.2, -0.15) is 10.1 Å². The molecule has 0 spiro atoms. The predicted molar refractivity (Wildman–Crippen MR) is 122 cm³/mol. The second-order valence-electron chi connectivity index (χ2n) is 8.26. The van der Waals surface area contributed by atoms with Crippen LogP contribution in [0.5, 0.6) is 0 Å². The molecule has 2 aliphatic rings. The van der Waals surface area contributed by atoms with Crippen molar-refractivity contribution in [3.63, 3.8) is 0 Å². The molecule has 4 atom stereocenters. The van der Waals surface area contributed by atoms with E-state index in [0.29, 0.717) is 23.4 Å². The monoisotopic (exact) mass is 508 g/mol. The third-order valence-electron chi connectivity index (χ3n) is 5.79. The fraction of sp³-hybridized carbons (Fsp3) is 0.381. The maximum Gasteiger partial charge on any atom is 0.229 e. The zero-order chi connectivity index (χ0) is 23.9. The number of hydrogen-bond donors (Lipinski definition) is 2. The summed E-state index contributed by atoms with van der Waals surface area (Å²) in [5.74, 6) is -0.247. The van der Waals surface area contributed by atoms with Crippen LogP contribution in [0.1, 0.15) is 0 Å². The van der Waals surface area contributed by atoms with E-state index in [9.17, 15) is 12.8 Å². The number of aromatic nitrogens is 4. The number of aryl methyl sites for hydroxylation is 1. The van der Waals surface area contributed by atoms with Gasteiger partial charge in [0.15, 0.2) is 15.7 Å². The van der Waals surface area contributed by atoms with Gasteiger partial charge >= 0.3 is 0 Å². The molecule has 0 radical (unpaired) electrons. The third kappa shape index (κ3) is 4.71. The Morgan fingerprint density at radius 1 is 1.18 bits per heavy atom. The second-order valence-corrected chi connectivity index (χ2v) is 10.7. The Hall–Kier alpha value is -2.80. The Kier molecular flexibility index (Phi) is 6.15. The lowest BCUT2D eigenvalue weighted by Gasteiger charge is -2.19. The van der Waals surface area contributed by atoms with E-state index in [1.165, 1.54) is 18.3 Å². The molecule has 1 aromatic carbocycles. The molecule has 2 N–H and O–H groups in total. The SMILES string of the molecule is Cn1cc(Nc2ncc(Cl)c(N[C@@H]3COC4C3OC[C@@H]4CS(=O)(=O)c3ccc(F)cc3)n2)cn1. The topological polar surface area (TPSA) is 120 Å². The van der Waals surface area contributed by atoms with Gasteiger partial charge < -0.3 is 20.1 Å². The number of ether oxygens (including phenoxy) is 2. The van der Waals surface area contributed by atoms with Crippen LogP contribution in [0.2, 0.25) is 5.02 Å². The molecule has 34 heavy (non-hydrogen) atoms. The summed E-state index contributed by atoms with van der Waals surface area (Å²) in [6, 6.07) is 4.53. The van der Waals surface area contributed by atoms with Gasteiger partial charge in [-0.15, -0.1) is 0 Å². The molecule has 4 heterocycles. The minimum Gasteiger partial charge on any atom is -0.373 e. The first-order valence-corrected chi connectivity index (χ1v) is 12.6. The summed E-state index contributed by atoms with van der Waals surface area (Å²) in [7, 11) is -1.82. The average molecular weight is 509 g/mol. The minimum atomic E-state index is -3.62. The summed E-state index contributed by atoms with van der Waals surface area (Å²) >= 11 is 6.30. The number of sulfone groups is 1. The van der Waals surface area contributed by atoms with E-state index in [1.54, 1.807) is 24.1 Å². The second kappa shape index (κ2) is 9.10. The summed E-state index contributed by atoms with van der Waals surface area (Å²) in [5.41, 5.74) is 0.726. The lowest BCUT2D eigenvalue weighted by atomic mass is 10.0. The molecule has 13 heteroatoms. The zero-order valence-corrected chi connectivity index (χ0v) is 19.6. The van der Waals surface area contributed by atoms with Crippen LogP contribution in [0.25, 0.3) is 0 Å². The Morgan fingerprint density at radius 3 is 2.68 bits per heavy atom. The molecule has 180 valence electrons. The number of anilines is 3. The maximum absolute atomic E-state index is 13.2. The number of fused-ring (bicyclic) bond motifs is 1. The van der Waals surface area contributed by atoms with Gasteiger partial charge in [0, 0.05) is 19.2 Å². The Morgan fingerprint density at radius 2 is 1.94 bits per heavy atom. The van der Waals surface area contributed by atoms with E-state index in [1.807, 2.05) is 0 Å². The predicted octanol–water partition coefficient (Wildman–Crippen LogP) is 2.41. The molecule has 2 unspecified atom stereocenters.